The number of aromatic nitrogens is 2. The number of imidazole rings is 1. The third-order valence-electron chi connectivity index (χ3n) is 1.34. The zero-order chi connectivity index (χ0) is 8.97. The summed E-state index contributed by atoms with van der Waals surface area (Å²) >= 11 is 0. The van der Waals surface area contributed by atoms with E-state index in [1.165, 1.54) is 0 Å². The van der Waals surface area contributed by atoms with Crippen molar-refractivity contribution in [2.75, 3.05) is 0 Å². The van der Waals surface area contributed by atoms with Gasteiger partial charge in [-0.05, 0) is 13.8 Å². The Kier molecular flexibility index (Phi) is 2.85. The summed E-state index contributed by atoms with van der Waals surface area (Å²) in [6.07, 6.45) is 5.04. The van der Waals surface area contributed by atoms with Crippen LogP contribution in [0.25, 0.3) is 0 Å². The normalized spacial score (nSPS) is 10.2. The Morgan fingerprint density at radius 3 is 2.92 bits per heavy atom. The zero-order valence-corrected chi connectivity index (χ0v) is 7.32. The predicted molar refractivity (Wildman–Crippen MR) is 45.5 cm³/mol. The number of nitrogens with zero attached hydrogens (tertiary/aromatic N) is 2. The Balaban J connectivity index is 2.37. The molecule has 1 heterocycles. The van der Waals surface area contributed by atoms with Gasteiger partial charge in [0.1, 0.15) is 6.54 Å². The van der Waals surface area contributed by atoms with E-state index in [1.807, 2.05) is 13.8 Å². The van der Waals surface area contributed by atoms with Gasteiger partial charge in [0.25, 0.3) is 0 Å². The summed E-state index contributed by atoms with van der Waals surface area (Å²) in [4.78, 5) is 15.0. The summed E-state index contributed by atoms with van der Waals surface area (Å²) in [6, 6.07) is 0.195. The minimum Gasteiger partial charge on any atom is -0.352 e. The second-order valence-corrected chi connectivity index (χ2v) is 2.96. The molecule has 0 aliphatic heterocycles. The maximum Gasteiger partial charge on any atom is 0.240 e. The maximum atomic E-state index is 11.2. The molecule has 0 spiro atoms. The number of amides is 1. The number of carbonyl (C=O) groups excluding carboxylic acids is 1. The summed E-state index contributed by atoms with van der Waals surface area (Å²) in [6.45, 7) is 4.22. The van der Waals surface area contributed by atoms with Gasteiger partial charge in [-0.2, -0.15) is 0 Å². The minimum absolute atomic E-state index is 0.0167. The Bertz CT molecular complexity index is 241. The fraction of sp³-hybridized carbons (Fsp3) is 0.500. The van der Waals surface area contributed by atoms with Crippen molar-refractivity contribution in [3.05, 3.63) is 18.7 Å². The SMILES string of the molecule is CC(C)NC(=O)Cn1ccnc1. The van der Waals surface area contributed by atoms with Gasteiger partial charge >= 0.3 is 0 Å². The van der Waals surface area contributed by atoms with Crippen molar-refractivity contribution in [1.29, 1.82) is 0 Å². The summed E-state index contributed by atoms with van der Waals surface area (Å²) in [5.41, 5.74) is 0. The highest BCUT2D eigenvalue weighted by Crippen LogP contribution is 1.86. The standard InChI is InChI=1S/C8H13N3O/c1-7(2)10-8(12)5-11-4-3-9-6-11/h3-4,6-7H,5H2,1-2H3,(H,10,12). The molecule has 0 atom stereocenters. The molecule has 66 valence electrons. The van der Waals surface area contributed by atoms with Crippen LogP contribution in [0.3, 0.4) is 0 Å². The van der Waals surface area contributed by atoms with Crippen LogP contribution in [0.15, 0.2) is 18.7 Å². The first-order valence-corrected chi connectivity index (χ1v) is 3.93. The second-order valence-electron chi connectivity index (χ2n) is 2.96. The molecule has 0 saturated carbocycles. The fourth-order valence-corrected chi connectivity index (χ4v) is 0.914. The van der Waals surface area contributed by atoms with Crippen LogP contribution in [-0.4, -0.2) is 21.5 Å². The highest BCUT2D eigenvalue weighted by atomic mass is 16.2. The lowest BCUT2D eigenvalue weighted by molar-refractivity contribution is -0.122. The van der Waals surface area contributed by atoms with Crippen LogP contribution in [-0.2, 0) is 11.3 Å². The number of carbonyl (C=O) groups is 1. The second kappa shape index (κ2) is 3.90. The molecule has 12 heavy (non-hydrogen) atoms. The Labute approximate surface area is 71.6 Å². The third kappa shape index (κ3) is 2.74. The smallest absolute Gasteiger partial charge is 0.240 e. The fourth-order valence-electron chi connectivity index (χ4n) is 0.914. The minimum atomic E-state index is 0.0167. The van der Waals surface area contributed by atoms with E-state index in [2.05, 4.69) is 10.3 Å². The summed E-state index contributed by atoms with van der Waals surface area (Å²) in [7, 11) is 0. The molecule has 0 aliphatic rings. The Morgan fingerprint density at radius 1 is 1.67 bits per heavy atom. The van der Waals surface area contributed by atoms with E-state index >= 15 is 0 Å². The Morgan fingerprint density at radius 2 is 2.42 bits per heavy atom. The first-order valence-electron chi connectivity index (χ1n) is 3.93. The lowest BCUT2D eigenvalue weighted by Gasteiger charge is -2.07. The van der Waals surface area contributed by atoms with E-state index in [1.54, 1.807) is 23.3 Å². The lowest BCUT2D eigenvalue weighted by atomic mass is 10.4. The van der Waals surface area contributed by atoms with Crippen molar-refractivity contribution in [1.82, 2.24) is 14.9 Å². The van der Waals surface area contributed by atoms with E-state index < -0.39 is 0 Å². The van der Waals surface area contributed by atoms with Gasteiger partial charge in [0.15, 0.2) is 0 Å². The van der Waals surface area contributed by atoms with Gasteiger partial charge < -0.3 is 9.88 Å². The van der Waals surface area contributed by atoms with Crippen LogP contribution in [0.5, 0.6) is 0 Å². The van der Waals surface area contributed by atoms with Crippen molar-refractivity contribution in [2.45, 2.75) is 26.4 Å². The van der Waals surface area contributed by atoms with Gasteiger partial charge in [-0.15, -0.1) is 0 Å². The molecule has 1 amide bonds. The van der Waals surface area contributed by atoms with Gasteiger partial charge in [-0.1, -0.05) is 0 Å². The summed E-state index contributed by atoms with van der Waals surface area (Å²) in [5, 5.41) is 2.79. The first kappa shape index (κ1) is 8.77. The molecular weight excluding hydrogens is 154 g/mol. The van der Waals surface area contributed by atoms with E-state index in [-0.39, 0.29) is 11.9 Å². The van der Waals surface area contributed by atoms with Crippen LogP contribution in [0.2, 0.25) is 0 Å². The van der Waals surface area contributed by atoms with Gasteiger partial charge in [0.05, 0.1) is 6.33 Å². The van der Waals surface area contributed by atoms with Crippen molar-refractivity contribution in [3.8, 4) is 0 Å². The highest BCUT2D eigenvalue weighted by Gasteiger charge is 2.02. The highest BCUT2D eigenvalue weighted by molar-refractivity contribution is 5.75. The predicted octanol–water partition coefficient (Wildman–Crippen LogP) is 0.408. The molecule has 0 bridgehead atoms. The molecule has 1 rings (SSSR count). The average Bonchev–Trinajstić information content (AvgIpc) is 2.37. The van der Waals surface area contributed by atoms with Crippen LogP contribution >= 0.6 is 0 Å². The Hall–Kier alpha value is -1.32. The molecule has 0 saturated heterocycles. The molecular formula is C8H13N3O. The third-order valence-corrected chi connectivity index (χ3v) is 1.34. The van der Waals surface area contributed by atoms with E-state index in [9.17, 15) is 4.79 Å². The molecule has 4 heteroatoms. The van der Waals surface area contributed by atoms with E-state index in [0.29, 0.717) is 6.54 Å². The molecule has 0 fully saturated rings. The van der Waals surface area contributed by atoms with Crippen molar-refractivity contribution in [2.24, 2.45) is 0 Å². The van der Waals surface area contributed by atoms with Gasteiger partial charge in [-0.25, -0.2) is 4.98 Å². The van der Waals surface area contributed by atoms with Crippen LogP contribution < -0.4 is 5.32 Å². The van der Waals surface area contributed by atoms with E-state index in [4.69, 9.17) is 0 Å². The van der Waals surface area contributed by atoms with Crippen LogP contribution in [0.1, 0.15) is 13.8 Å². The number of hydrogen-bond donors (Lipinski definition) is 1. The van der Waals surface area contributed by atoms with Crippen LogP contribution in [0.4, 0.5) is 0 Å². The molecule has 4 nitrogen and oxygen atoms in total. The van der Waals surface area contributed by atoms with Crippen LogP contribution in [0, 0.1) is 0 Å². The zero-order valence-electron chi connectivity index (χ0n) is 7.32. The van der Waals surface area contributed by atoms with Gasteiger partial charge in [0.2, 0.25) is 5.91 Å². The van der Waals surface area contributed by atoms with Crippen molar-refractivity contribution >= 4 is 5.91 Å². The van der Waals surface area contributed by atoms with Crippen molar-refractivity contribution in [3.63, 3.8) is 0 Å². The molecule has 1 aromatic rings. The maximum absolute atomic E-state index is 11.2. The molecule has 0 aliphatic carbocycles. The average molecular weight is 167 g/mol. The molecule has 1 aromatic heterocycles. The monoisotopic (exact) mass is 167 g/mol. The topological polar surface area (TPSA) is 46.9 Å². The largest absolute Gasteiger partial charge is 0.352 e. The summed E-state index contributed by atoms with van der Waals surface area (Å²) in [5.74, 6) is 0.0167. The van der Waals surface area contributed by atoms with Gasteiger partial charge in [-0.3, -0.25) is 4.79 Å². The summed E-state index contributed by atoms with van der Waals surface area (Å²) < 4.78 is 1.73. The number of rotatable bonds is 3. The lowest BCUT2D eigenvalue weighted by Crippen LogP contribution is -2.32. The molecule has 1 N–H and O–H groups in total. The van der Waals surface area contributed by atoms with E-state index in [0.717, 1.165) is 0 Å². The van der Waals surface area contributed by atoms with Gasteiger partial charge in [0, 0.05) is 18.4 Å². The number of nitrogens with one attached hydrogen (secondary N) is 1. The quantitative estimate of drug-likeness (QED) is 0.708. The molecule has 0 unspecified atom stereocenters. The van der Waals surface area contributed by atoms with Crippen molar-refractivity contribution < 1.29 is 4.79 Å². The molecule has 0 aromatic carbocycles. The number of hydrogen-bond acceptors (Lipinski definition) is 2. The molecule has 0 radical (unpaired) electrons. The first-order chi connectivity index (χ1) is 5.68.